The molecule has 2 nitrogen and oxygen atoms in total. The fourth-order valence-electron chi connectivity index (χ4n) is 2.41. The third-order valence-electron chi connectivity index (χ3n) is 3.77. The van der Waals surface area contributed by atoms with Gasteiger partial charge in [-0.1, -0.05) is 82.9 Å². The second-order valence-corrected chi connectivity index (χ2v) is 9.82. The van der Waals surface area contributed by atoms with Crippen LogP contribution in [0.4, 0.5) is 0 Å². The van der Waals surface area contributed by atoms with Crippen molar-refractivity contribution in [2.75, 3.05) is 5.75 Å². The number of hydrogen-bond acceptors (Lipinski definition) is 3. The number of unbranched alkanes of at least 4 members (excludes halogenated alkanes) is 9. The summed E-state index contributed by atoms with van der Waals surface area (Å²) < 4.78 is 24.1. The van der Waals surface area contributed by atoms with E-state index in [4.69, 9.17) is 0 Å². The van der Waals surface area contributed by atoms with Crippen LogP contribution in [0.2, 0.25) is 0 Å². The summed E-state index contributed by atoms with van der Waals surface area (Å²) in [6.07, 6.45) is 12.8. The molecule has 0 spiro atoms. The zero-order valence-electron chi connectivity index (χ0n) is 13.8. The molecular weight excluding hydrogens is 312 g/mol. The van der Waals surface area contributed by atoms with Crippen molar-refractivity contribution in [3.8, 4) is 0 Å². The molecule has 1 aromatic rings. The molecule has 0 fully saturated rings. The van der Waals surface area contributed by atoms with Gasteiger partial charge in [-0.25, -0.2) is 8.42 Å². The molecule has 0 bridgehead atoms. The average molecular weight is 343 g/mol. The van der Waals surface area contributed by atoms with E-state index < -0.39 is 8.87 Å². The van der Waals surface area contributed by atoms with Crippen LogP contribution in [-0.2, 0) is 8.87 Å². The molecular formula is C18H30O2S2. The van der Waals surface area contributed by atoms with E-state index in [1.807, 2.05) is 6.07 Å². The molecule has 0 amide bonds. The van der Waals surface area contributed by atoms with E-state index in [9.17, 15) is 8.42 Å². The molecule has 1 aromatic carbocycles. The van der Waals surface area contributed by atoms with E-state index in [1.165, 1.54) is 51.4 Å². The van der Waals surface area contributed by atoms with Crippen LogP contribution in [0, 0.1) is 0 Å². The lowest BCUT2D eigenvalue weighted by molar-refractivity contribution is 0.563. The Morgan fingerprint density at radius 3 is 1.82 bits per heavy atom. The van der Waals surface area contributed by atoms with Crippen LogP contribution in [0.3, 0.4) is 0 Å². The second-order valence-electron chi connectivity index (χ2n) is 5.77. The Morgan fingerprint density at radius 1 is 0.773 bits per heavy atom. The van der Waals surface area contributed by atoms with Gasteiger partial charge in [0.25, 0.3) is 0 Å². The molecule has 4 heteroatoms. The van der Waals surface area contributed by atoms with Crippen molar-refractivity contribution in [1.82, 2.24) is 0 Å². The second kappa shape index (κ2) is 12.0. The Hall–Kier alpha value is -0.480. The maximum atomic E-state index is 12.1. The lowest BCUT2D eigenvalue weighted by Crippen LogP contribution is -1.96. The molecule has 0 saturated heterocycles. The van der Waals surface area contributed by atoms with Crippen molar-refractivity contribution in [3.05, 3.63) is 30.3 Å². The Labute approximate surface area is 140 Å². The fraction of sp³-hybridized carbons (Fsp3) is 0.667. The first-order chi connectivity index (χ1) is 10.7. The van der Waals surface area contributed by atoms with Gasteiger partial charge in [-0.2, -0.15) is 0 Å². The lowest BCUT2D eigenvalue weighted by Gasteiger charge is -2.04. The highest BCUT2D eigenvalue weighted by molar-refractivity contribution is 8.72. The monoisotopic (exact) mass is 342 g/mol. The van der Waals surface area contributed by atoms with Gasteiger partial charge in [-0.3, -0.25) is 0 Å². The molecule has 0 aromatic heterocycles. The minimum absolute atomic E-state index is 0.423. The number of hydrogen-bond donors (Lipinski definition) is 0. The van der Waals surface area contributed by atoms with E-state index in [1.54, 1.807) is 24.3 Å². The third-order valence-corrected chi connectivity index (χ3v) is 7.39. The Balaban J connectivity index is 1.99. The van der Waals surface area contributed by atoms with E-state index in [-0.39, 0.29) is 0 Å². The third kappa shape index (κ3) is 8.84. The normalized spacial score (nSPS) is 11.7. The maximum absolute atomic E-state index is 12.1. The summed E-state index contributed by atoms with van der Waals surface area (Å²) in [6, 6.07) is 8.72. The summed E-state index contributed by atoms with van der Waals surface area (Å²) in [5.41, 5.74) is 0. The van der Waals surface area contributed by atoms with Crippen molar-refractivity contribution in [2.24, 2.45) is 0 Å². The van der Waals surface area contributed by atoms with Crippen LogP contribution in [0.15, 0.2) is 35.2 Å². The average Bonchev–Trinajstić information content (AvgIpc) is 2.53. The minimum atomic E-state index is -3.15. The van der Waals surface area contributed by atoms with Gasteiger partial charge in [0.05, 0.1) is 4.90 Å². The molecule has 0 aliphatic rings. The molecule has 0 aliphatic heterocycles. The van der Waals surface area contributed by atoms with Crippen LogP contribution < -0.4 is 0 Å². The largest absolute Gasteiger partial charge is 0.229 e. The van der Waals surface area contributed by atoms with Gasteiger partial charge in [0.2, 0.25) is 8.87 Å². The number of benzene rings is 1. The van der Waals surface area contributed by atoms with E-state index in [2.05, 4.69) is 6.92 Å². The smallest absolute Gasteiger partial charge is 0.212 e. The minimum Gasteiger partial charge on any atom is -0.212 e. The molecule has 0 unspecified atom stereocenters. The van der Waals surface area contributed by atoms with Crippen LogP contribution in [0.25, 0.3) is 0 Å². The van der Waals surface area contributed by atoms with E-state index >= 15 is 0 Å². The predicted octanol–water partition coefficient (Wildman–Crippen LogP) is 6.03. The molecule has 0 heterocycles. The molecule has 0 N–H and O–H groups in total. The Kier molecular flexibility index (Phi) is 10.7. The van der Waals surface area contributed by atoms with E-state index in [0.717, 1.165) is 23.6 Å². The molecule has 0 aliphatic carbocycles. The predicted molar refractivity (Wildman–Crippen MR) is 97.9 cm³/mol. The highest BCUT2D eigenvalue weighted by Crippen LogP contribution is 2.24. The van der Waals surface area contributed by atoms with Gasteiger partial charge >= 0.3 is 0 Å². The summed E-state index contributed by atoms with van der Waals surface area (Å²) in [4.78, 5) is 0.423. The first kappa shape index (κ1) is 19.6. The highest BCUT2D eigenvalue weighted by Gasteiger charge is 2.13. The van der Waals surface area contributed by atoms with Gasteiger partial charge < -0.3 is 0 Å². The SMILES string of the molecule is CCCCCCCCCCCCSS(=O)(=O)c1ccccc1. The van der Waals surface area contributed by atoms with Crippen LogP contribution in [0.1, 0.15) is 71.1 Å². The summed E-state index contributed by atoms with van der Waals surface area (Å²) in [6.45, 7) is 2.25. The van der Waals surface area contributed by atoms with Gasteiger partial charge in [-0.05, 0) is 29.3 Å². The van der Waals surface area contributed by atoms with Crippen LogP contribution >= 0.6 is 10.8 Å². The van der Waals surface area contributed by atoms with Crippen molar-refractivity contribution in [3.63, 3.8) is 0 Å². The molecule has 1 rings (SSSR count). The van der Waals surface area contributed by atoms with Crippen LogP contribution in [0.5, 0.6) is 0 Å². The van der Waals surface area contributed by atoms with Crippen molar-refractivity contribution in [2.45, 2.75) is 76.0 Å². The van der Waals surface area contributed by atoms with E-state index in [0.29, 0.717) is 10.6 Å². The van der Waals surface area contributed by atoms with Gasteiger partial charge in [0.15, 0.2) is 0 Å². The molecule has 0 atom stereocenters. The maximum Gasteiger partial charge on any atom is 0.229 e. The van der Waals surface area contributed by atoms with Crippen LogP contribution in [-0.4, -0.2) is 14.2 Å². The quantitative estimate of drug-likeness (QED) is 0.324. The highest BCUT2D eigenvalue weighted by atomic mass is 33.1. The summed E-state index contributed by atoms with van der Waals surface area (Å²) in [5.74, 6) is 0.702. The summed E-state index contributed by atoms with van der Waals surface area (Å²) in [7, 11) is -2.07. The zero-order valence-corrected chi connectivity index (χ0v) is 15.4. The summed E-state index contributed by atoms with van der Waals surface area (Å²) in [5, 5.41) is 0. The fourth-order valence-corrected chi connectivity index (χ4v) is 5.33. The topological polar surface area (TPSA) is 34.1 Å². The van der Waals surface area contributed by atoms with Crippen molar-refractivity contribution in [1.29, 1.82) is 0 Å². The van der Waals surface area contributed by atoms with Crippen molar-refractivity contribution >= 4 is 19.7 Å². The van der Waals surface area contributed by atoms with Crippen molar-refractivity contribution < 1.29 is 8.42 Å². The molecule has 0 saturated carbocycles. The first-order valence-corrected chi connectivity index (χ1v) is 11.6. The standard InChI is InChI=1S/C18H30O2S2/c1-2-3-4-5-6-7-8-9-10-14-17-21-22(19,20)18-15-12-11-13-16-18/h11-13,15-16H,2-10,14,17H2,1H3. The Morgan fingerprint density at radius 2 is 1.27 bits per heavy atom. The molecule has 0 radical (unpaired) electrons. The summed E-state index contributed by atoms with van der Waals surface area (Å²) >= 11 is 0. The first-order valence-electron chi connectivity index (χ1n) is 8.61. The van der Waals surface area contributed by atoms with Gasteiger partial charge in [0.1, 0.15) is 0 Å². The molecule has 22 heavy (non-hydrogen) atoms. The Bertz CT molecular complexity index is 469. The number of rotatable bonds is 13. The zero-order chi connectivity index (χ0) is 16.1. The molecule has 126 valence electrons. The van der Waals surface area contributed by atoms with Gasteiger partial charge in [-0.15, -0.1) is 0 Å². The lowest BCUT2D eigenvalue weighted by atomic mass is 10.1. The van der Waals surface area contributed by atoms with Gasteiger partial charge in [0, 0.05) is 5.75 Å².